The van der Waals surface area contributed by atoms with Gasteiger partial charge < -0.3 is 14.6 Å². The Morgan fingerprint density at radius 2 is 1.79 bits per heavy atom. The molecular formula is C15H17BF3N3O5S. The van der Waals surface area contributed by atoms with Gasteiger partial charge in [0.05, 0.1) is 20.3 Å². The lowest BCUT2D eigenvalue weighted by Gasteiger charge is -2.19. The van der Waals surface area contributed by atoms with Gasteiger partial charge in [-0.25, -0.2) is 8.42 Å². The maximum Gasteiger partial charge on any atom is 0.404 e. The van der Waals surface area contributed by atoms with Gasteiger partial charge in [-0.05, 0) is 0 Å². The van der Waals surface area contributed by atoms with Crippen LogP contribution in [0.5, 0.6) is 11.8 Å². The lowest BCUT2D eigenvalue weighted by Crippen LogP contribution is -2.30. The fourth-order valence-electron chi connectivity index (χ4n) is 2.36. The molecule has 0 spiro atoms. The third-order valence-corrected chi connectivity index (χ3v) is 4.79. The smallest absolute Gasteiger partial charge is 0.404 e. The van der Waals surface area contributed by atoms with Crippen LogP contribution in [0.15, 0.2) is 24.3 Å². The van der Waals surface area contributed by atoms with E-state index in [-0.39, 0.29) is 28.8 Å². The van der Waals surface area contributed by atoms with Crippen molar-refractivity contribution in [2.45, 2.75) is 12.3 Å². The number of sulfonamides is 1. The van der Waals surface area contributed by atoms with Crippen LogP contribution in [0.25, 0.3) is 0 Å². The minimum absolute atomic E-state index is 0.0268. The Balaban J connectivity index is 2.49. The van der Waals surface area contributed by atoms with Crippen molar-refractivity contribution >= 4 is 29.0 Å². The summed E-state index contributed by atoms with van der Waals surface area (Å²) >= 11 is 0. The van der Waals surface area contributed by atoms with Crippen LogP contribution in [0.3, 0.4) is 0 Å². The molecule has 28 heavy (non-hydrogen) atoms. The summed E-state index contributed by atoms with van der Waals surface area (Å²) in [6.45, 7) is 0. The third-order valence-electron chi connectivity index (χ3n) is 3.57. The zero-order valence-corrected chi connectivity index (χ0v) is 15.9. The predicted molar refractivity (Wildman–Crippen MR) is 97.3 cm³/mol. The molecule has 0 aliphatic heterocycles. The van der Waals surface area contributed by atoms with Gasteiger partial charge in [0.1, 0.15) is 14.0 Å². The molecule has 1 aromatic heterocycles. The highest BCUT2D eigenvalue weighted by molar-refractivity contribution is 7.92. The molecule has 0 saturated carbocycles. The Morgan fingerprint density at radius 3 is 2.29 bits per heavy atom. The standard InChI is InChI=1S/C15H17BF3N3O5S/c1-26-10-6-11(27-2)21-14(20-10)13(23)8-4-3-5-9(16)12(8)22-28(24,25)7-15(17,18)19/h3-6,13,22-23H,7,16H2,1-2H3. The second kappa shape index (κ2) is 8.23. The molecule has 0 aliphatic rings. The van der Waals surface area contributed by atoms with Crippen molar-refractivity contribution < 1.29 is 36.2 Å². The SMILES string of the molecule is Bc1cccc(C(O)c2nc(OC)cc(OC)n2)c1NS(=O)(=O)CC(F)(F)F. The van der Waals surface area contributed by atoms with E-state index in [4.69, 9.17) is 9.47 Å². The average Bonchev–Trinajstić information content (AvgIpc) is 2.60. The Kier molecular flexibility index (Phi) is 6.39. The molecule has 0 amide bonds. The highest BCUT2D eigenvalue weighted by Crippen LogP contribution is 2.29. The zero-order chi connectivity index (χ0) is 21.1. The number of benzene rings is 1. The van der Waals surface area contributed by atoms with E-state index in [1.807, 2.05) is 4.72 Å². The quantitative estimate of drug-likeness (QED) is 0.615. The van der Waals surface area contributed by atoms with Crippen molar-refractivity contribution in [3.63, 3.8) is 0 Å². The van der Waals surface area contributed by atoms with Gasteiger partial charge in [-0.3, -0.25) is 4.72 Å². The first-order valence-corrected chi connectivity index (χ1v) is 9.42. The van der Waals surface area contributed by atoms with Crippen molar-refractivity contribution in [3.05, 3.63) is 35.7 Å². The molecule has 0 aliphatic carbocycles. The van der Waals surface area contributed by atoms with E-state index in [1.54, 1.807) is 0 Å². The lowest BCUT2D eigenvalue weighted by molar-refractivity contribution is -0.106. The molecule has 0 saturated heterocycles. The number of alkyl halides is 3. The third kappa shape index (κ3) is 5.49. The van der Waals surface area contributed by atoms with Gasteiger partial charge >= 0.3 is 6.18 Å². The van der Waals surface area contributed by atoms with Crippen LogP contribution in [-0.2, 0) is 10.0 Å². The Bertz CT molecular complexity index is 934. The van der Waals surface area contributed by atoms with E-state index in [1.165, 1.54) is 46.3 Å². The van der Waals surface area contributed by atoms with Crippen LogP contribution in [0.4, 0.5) is 18.9 Å². The highest BCUT2D eigenvalue weighted by atomic mass is 32.2. The number of methoxy groups -OCH3 is 2. The van der Waals surface area contributed by atoms with Crippen molar-refractivity contribution in [2.24, 2.45) is 0 Å². The second-order valence-electron chi connectivity index (χ2n) is 5.73. The Labute approximate surface area is 160 Å². The van der Waals surface area contributed by atoms with Crippen LogP contribution in [-0.4, -0.2) is 57.5 Å². The largest absolute Gasteiger partial charge is 0.481 e. The summed E-state index contributed by atoms with van der Waals surface area (Å²) in [5, 5.41) is 10.7. The van der Waals surface area contributed by atoms with Gasteiger partial charge in [0.2, 0.25) is 21.8 Å². The molecule has 13 heteroatoms. The van der Waals surface area contributed by atoms with Crippen LogP contribution in [0, 0.1) is 0 Å². The molecule has 8 nitrogen and oxygen atoms in total. The number of para-hydroxylation sites is 1. The molecule has 1 atom stereocenters. The molecule has 1 heterocycles. The normalized spacial score (nSPS) is 13.1. The first kappa shape index (κ1) is 21.8. The number of aliphatic hydroxyl groups is 1. The maximum atomic E-state index is 12.5. The lowest BCUT2D eigenvalue weighted by atomic mass is 9.90. The van der Waals surface area contributed by atoms with Gasteiger partial charge in [-0.1, -0.05) is 23.7 Å². The van der Waals surface area contributed by atoms with Crippen LogP contribution >= 0.6 is 0 Å². The van der Waals surface area contributed by atoms with Crippen molar-refractivity contribution in [2.75, 3.05) is 24.7 Å². The summed E-state index contributed by atoms with van der Waals surface area (Å²) in [5.41, 5.74) is 0.0860. The van der Waals surface area contributed by atoms with E-state index >= 15 is 0 Å². The van der Waals surface area contributed by atoms with Gasteiger partial charge in [-0.2, -0.15) is 23.1 Å². The minimum Gasteiger partial charge on any atom is -0.481 e. The first-order chi connectivity index (χ1) is 13.0. The molecule has 1 aromatic carbocycles. The van der Waals surface area contributed by atoms with Crippen molar-refractivity contribution in [1.82, 2.24) is 9.97 Å². The number of halogens is 3. The fraction of sp³-hybridized carbons (Fsp3) is 0.333. The van der Waals surface area contributed by atoms with Crippen LogP contribution < -0.4 is 19.7 Å². The summed E-state index contributed by atoms with van der Waals surface area (Å²) in [5.74, 6) is -2.09. The first-order valence-electron chi connectivity index (χ1n) is 7.77. The molecule has 0 bridgehead atoms. The number of rotatable bonds is 7. The summed E-state index contributed by atoms with van der Waals surface area (Å²) in [6.07, 6.45) is -6.48. The van der Waals surface area contributed by atoms with Crippen LogP contribution in [0.1, 0.15) is 17.5 Å². The maximum absolute atomic E-state index is 12.5. The number of hydrogen-bond acceptors (Lipinski definition) is 7. The van der Waals surface area contributed by atoms with Crippen molar-refractivity contribution in [3.8, 4) is 11.8 Å². The Morgan fingerprint density at radius 1 is 1.21 bits per heavy atom. The minimum atomic E-state index is -4.92. The van der Waals surface area contributed by atoms with Crippen molar-refractivity contribution in [1.29, 1.82) is 0 Å². The molecule has 2 N–H and O–H groups in total. The molecule has 2 aromatic rings. The number of hydrogen-bond donors (Lipinski definition) is 2. The zero-order valence-electron chi connectivity index (χ0n) is 15.1. The monoisotopic (exact) mass is 419 g/mol. The number of nitrogens with zero attached hydrogens (tertiary/aromatic N) is 2. The molecule has 0 radical (unpaired) electrons. The van der Waals surface area contributed by atoms with E-state index in [0.29, 0.717) is 5.46 Å². The highest BCUT2D eigenvalue weighted by Gasteiger charge is 2.36. The van der Waals surface area contributed by atoms with E-state index in [9.17, 15) is 26.7 Å². The Hall–Kier alpha value is -2.54. The van der Waals surface area contributed by atoms with E-state index < -0.39 is 28.1 Å². The summed E-state index contributed by atoms with van der Waals surface area (Å²) in [6, 6.07) is 5.69. The average molecular weight is 419 g/mol. The van der Waals surface area contributed by atoms with Gasteiger partial charge in [-0.15, -0.1) is 0 Å². The molecule has 152 valence electrons. The number of anilines is 1. The number of aromatic nitrogens is 2. The van der Waals surface area contributed by atoms with Gasteiger partial charge in [0, 0.05) is 11.3 Å². The number of ether oxygens (including phenoxy) is 2. The van der Waals surface area contributed by atoms with E-state index in [0.717, 1.165) is 0 Å². The van der Waals surface area contributed by atoms with Crippen LogP contribution in [0.2, 0.25) is 0 Å². The van der Waals surface area contributed by atoms with E-state index in [2.05, 4.69) is 9.97 Å². The number of nitrogens with one attached hydrogen (secondary N) is 1. The molecule has 1 unspecified atom stereocenters. The van der Waals surface area contributed by atoms with Gasteiger partial charge in [0.25, 0.3) is 0 Å². The fourth-order valence-corrected chi connectivity index (χ4v) is 3.45. The van der Waals surface area contributed by atoms with Gasteiger partial charge in [0.15, 0.2) is 11.6 Å². The second-order valence-corrected chi connectivity index (χ2v) is 7.45. The molecule has 2 rings (SSSR count). The topological polar surface area (TPSA) is 111 Å². The molecular weight excluding hydrogens is 402 g/mol. The summed E-state index contributed by atoms with van der Waals surface area (Å²) < 4.78 is 73.3. The number of aliphatic hydroxyl groups excluding tert-OH is 1. The summed E-state index contributed by atoms with van der Waals surface area (Å²) in [4.78, 5) is 7.96. The molecule has 0 fully saturated rings. The summed E-state index contributed by atoms with van der Waals surface area (Å²) in [7, 11) is -0.605. The predicted octanol–water partition coefficient (Wildman–Crippen LogP) is 0.138.